The average Bonchev–Trinajstić information content (AvgIpc) is 2.90. The summed E-state index contributed by atoms with van der Waals surface area (Å²) in [4.78, 5) is 25.8. The Kier molecular flexibility index (Phi) is 4.04. The molecular formula is C14H21NO3. The minimum absolute atomic E-state index is 0.0549. The number of methoxy groups -OCH3 is 1. The van der Waals surface area contributed by atoms with Crippen molar-refractivity contribution in [2.24, 2.45) is 17.8 Å². The summed E-state index contributed by atoms with van der Waals surface area (Å²) in [5.41, 5.74) is 0. The van der Waals surface area contributed by atoms with Gasteiger partial charge >= 0.3 is 5.97 Å². The van der Waals surface area contributed by atoms with Gasteiger partial charge < -0.3 is 9.64 Å². The van der Waals surface area contributed by atoms with Crippen LogP contribution in [-0.2, 0) is 14.3 Å². The molecule has 0 saturated carbocycles. The largest absolute Gasteiger partial charge is 0.469 e. The molecule has 0 bridgehead atoms. The van der Waals surface area contributed by atoms with Crippen molar-refractivity contribution in [1.29, 1.82) is 0 Å². The number of hydrogen-bond donors (Lipinski definition) is 0. The predicted molar refractivity (Wildman–Crippen MR) is 67.7 cm³/mol. The van der Waals surface area contributed by atoms with Crippen LogP contribution in [0.1, 0.15) is 26.2 Å². The minimum Gasteiger partial charge on any atom is -0.469 e. The van der Waals surface area contributed by atoms with Crippen LogP contribution in [0.5, 0.6) is 0 Å². The highest BCUT2D eigenvalue weighted by Crippen LogP contribution is 2.28. The maximum Gasteiger partial charge on any atom is 0.309 e. The molecule has 100 valence electrons. The molecule has 1 fully saturated rings. The molecule has 2 aliphatic rings. The Labute approximate surface area is 108 Å². The Hall–Kier alpha value is -1.32. The van der Waals surface area contributed by atoms with Crippen molar-refractivity contribution in [2.45, 2.75) is 26.2 Å². The number of likely N-dealkylation sites (tertiary alicyclic amines) is 1. The lowest BCUT2D eigenvalue weighted by Gasteiger charge is -2.36. The smallest absolute Gasteiger partial charge is 0.309 e. The lowest BCUT2D eigenvalue weighted by Crippen LogP contribution is -2.47. The molecular weight excluding hydrogens is 230 g/mol. The van der Waals surface area contributed by atoms with Gasteiger partial charge in [-0.05, 0) is 25.2 Å². The summed E-state index contributed by atoms with van der Waals surface area (Å²) in [6, 6.07) is 0. The molecule has 1 amide bonds. The van der Waals surface area contributed by atoms with E-state index in [0.29, 0.717) is 13.1 Å². The van der Waals surface area contributed by atoms with Gasteiger partial charge in [-0.25, -0.2) is 0 Å². The molecule has 0 radical (unpaired) electrons. The summed E-state index contributed by atoms with van der Waals surface area (Å²) in [7, 11) is 1.43. The number of carbonyl (C=O) groups is 2. The van der Waals surface area contributed by atoms with E-state index in [-0.39, 0.29) is 29.6 Å². The van der Waals surface area contributed by atoms with Gasteiger partial charge in [0.25, 0.3) is 0 Å². The van der Waals surface area contributed by atoms with Gasteiger partial charge in [-0.2, -0.15) is 0 Å². The topological polar surface area (TPSA) is 46.6 Å². The summed E-state index contributed by atoms with van der Waals surface area (Å²) < 4.78 is 4.80. The van der Waals surface area contributed by atoms with E-state index >= 15 is 0 Å². The van der Waals surface area contributed by atoms with Crippen molar-refractivity contribution < 1.29 is 14.3 Å². The number of ether oxygens (including phenoxy) is 1. The molecule has 1 aliphatic carbocycles. The number of hydrogen-bond acceptors (Lipinski definition) is 3. The molecule has 0 aromatic rings. The van der Waals surface area contributed by atoms with Crippen LogP contribution in [-0.4, -0.2) is 37.0 Å². The maximum absolute atomic E-state index is 12.3. The summed E-state index contributed by atoms with van der Waals surface area (Å²) >= 11 is 0. The number of piperidine rings is 1. The van der Waals surface area contributed by atoms with Crippen LogP contribution < -0.4 is 0 Å². The lowest BCUT2D eigenvalue weighted by atomic mass is 9.86. The molecule has 4 nitrogen and oxygen atoms in total. The van der Waals surface area contributed by atoms with Crippen molar-refractivity contribution in [3.8, 4) is 0 Å². The van der Waals surface area contributed by atoms with E-state index in [2.05, 4.69) is 12.2 Å². The molecule has 0 spiro atoms. The first-order chi connectivity index (χ1) is 8.63. The van der Waals surface area contributed by atoms with Gasteiger partial charge in [-0.1, -0.05) is 19.1 Å². The first-order valence-corrected chi connectivity index (χ1v) is 6.65. The van der Waals surface area contributed by atoms with Crippen molar-refractivity contribution >= 4 is 11.9 Å². The number of allylic oxidation sites excluding steroid dienone is 2. The van der Waals surface area contributed by atoms with Crippen LogP contribution in [0.4, 0.5) is 0 Å². The molecule has 0 aromatic heterocycles. The standard InChI is InChI=1S/C14H21NO3/c1-10-9-15(8-7-12(10)14(17)18-2)13(16)11-5-3-4-6-11/h3-4,10-12H,5-9H2,1-2H3/t10-,12+/m1/s1. The van der Waals surface area contributed by atoms with Gasteiger partial charge in [-0.15, -0.1) is 0 Å². The Bertz CT molecular complexity index is 356. The zero-order chi connectivity index (χ0) is 13.1. The molecule has 2 rings (SSSR count). The number of nitrogens with zero attached hydrogens (tertiary/aromatic N) is 1. The fourth-order valence-electron chi connectivity index (χ4n) is 2.92. The van der Waals surface area contributed by atoms with Crippen molar-refractivity contribution in [3.05, 3.63) is 12.2 Å². The lowest BCUT2D eigenvalue weighted by molar-refractivity contribution is -0.152. The number of rotatable bonds is 2. The Morgan fingerprint density at radius 1 is 1.28 bits per heavy atom. The van der Waals surface area contributed by atoms with Crippen LogP contribution in [0.3, 0.4) is 0 Å². The quantitative estimate of drug-likeness (QED) is 0.553. The van der Waals surface area contributed by atoms with Crippen LogP contribution in [0.25, 0.3) is 0 Å². The third-order valence-corrected chi connectivity index (χ3v) is 4.08. The van der Waals surface area contributed by atoms with Crippen molar-refractivity contribution in [1.82, 2.24) is 4.90 Å². The summed E-state index contributed by atoms with van der Waals surface area (Å²) in [6.45, 7) is 3.38. The molecule has 18 heavy (non-hydrogen) atoms. The number of amides is 1. The molecule has 4 heteroatoms. The van der Waals surface area contributed by atoms with E-state index in [1.165, 1.54) is 7.11 Å². The number of carbonyl (C=O) groups excluding carboxylic acids is 2. The second kappa shape index (κ2) is 5.55. The van der Waals surface area contributed by atoms with E-state index < -0.39 is 0 Å². The molecule has 0 N–H and O–H groups in total. The van der Waals surface area contributed by atoms with E-state index in [4.69, 9.17) is 4.74 Å². The average molecular weight is 251 g/mol. The first kappa shape index (κ1) is 13.1. The molecule has 1 heterocycles. The second-order valence-corrected chi connectivity index (χ2v) is 5.32. The van der Waals surface area contributed by atoms with Gasteiger partial charge in [-0.3, -0.25) is 9.59 Å². The summed E-state index contributed by atoms with van der Waals surface area (Å²) in [6.07, 6.45) is 6.61. The van der Waals surface area contributed by atoms with E-state index in [1.807, 2.05) is 11.8 Å². The van der Waals surface area contributed by atoms with Crippen LogP contribution >= 0.6 is 0 Å². The highest BCUT2D eigenvalue weighted by Gasteiger charge is 2.35. The number of esters is 1. The first-order valence-electron chi connectivity index (χ1n) is 6.65. The van der Waals surface area contributed by atoms with Crippen LogP contribution in [0, 0.1) is 17.8 Å². The fraction of sp³-hybridized carbons (Fsp3) is 0.714. The van der Waals surface area contributed by atoms with E-state index in [0.717, 1.165) is 19.3 Å². The molecule has 1 saturated heterocycles. The van der Waals surface area contributed by atoms with Gasteiger partial charge in [0.2, 0.25) is 5.91 Å². The zero-order valence-corrected chi connectivity index (χ0v) is 11.1. The van der Waals surface area contributed by atoms with Gasteiger partial charge in [0.15, 0.2) is 0 Å². The minimum atomic E-state index is -0.142. The van der Waals surface area contributed by atoms with Gasteiger partial charge in [0, 0.05) is 19.0 Å². The third-order valence-electron chi connectivity index (χ3n) is 4.08. The Morgan fingerprint density at radius 3 is 2.50 bits per heavy atom. The molecule has 0 unspecified atom stereocenters. The zero-order valence-electron chi connectivity index (χ0n) is 11.1. The Balaban J connectivity index is 1.91. The predicted octanol–water partition coefficient (Wildman–Crippen LogP) is 1.61. The highest BCUT2D eigenvalue weighted by atomic mass is 16.5. The fourth-order valence-corrected chi connectivity index (χ4v) is 2.92. The van der Waals surface area contributed by atoms with Gasteiger partial charge in [0.05, 0.1) is 13.0 Å². The van der Waals surface area contributed by atoms with E-state index in [1.54, 1.807) is 0 Å². The normalized spacial score (nSPS) is 28.4. The van der Waals surface area contributed by atoms with Crippen LogP contribution in [0.2, 0.25) is 0 Å². The Morgan fingerprint density at radius 2 is 1.94 bits per heavy atom. The van der Waals surface area contributed by atoms with Crippen molar-refractivity contribution in [3.63, 3.8) is 0 Å². The highest BCUT2D eigenvalue weighted by molar-refractivity contribution is 5.80. The van der Waals surface area contributed by atoms with Gasteiger partial charge in [0.1, 0.15) is 0 Å². The monoisotopic (exact) mass is 251 g/mol. The van der Waals surface area contributed by atoms with Crippen molar-refractivity contribution in [2.75, 3.05) is 20.2 Å². The molecule has 2 atom stereocenters. The molecule has 0 aromatic carbocycles. The van der Waals surface area contributed by atoms with E-state index in [9.17, 15) is 9.59 Å². The second-order valence-electron chi connectivity index (χ2n) is 5.32. The summed E-state index contributed by atoms with van der Waals surface area (Å²) in [5, 5.41) is 0. The van der Waals surface area contributed by atoms with Crippen LogP contribution in [0.15, 0.2) is 12.2 Å². The molecule has 1 aliphatic heterocycles. The summed E-state index contributed by atoms with van der Waals surface area (Å²) in [5.74, 6) is 0.365. The third kappa shape index (κ3) is 2.57. The maximum atomic E-state index is 12.3. The SMILES string of the molecule is COC(=O)[C@H]1CCN(C(=O)C2CC=CC2)C[C@H]1C.